The molecule has 0 N–H and O–H groups in total. The first kappa shape index (κ1) is 15.1. The molecule has 4 aromatic heterocycles. The van der Waals surface area contributed by atoms with E-state index in [1.54, 1.807) is 12.1 Å². The van der Waals surface area contributed by atoms with Gasteiger partial charge in [0.15, 0.2) is 11.6 Å². The molecule has 0 bridgehead atoms. The van der Waals surface area contributed by atoms with Gasteiger partial charge in [-0.15, -0.1) is 0 Å². The average molecular weight is 340 g/mol. The molecule has 0 spiro atoms. The number of nitrogens with zero attached hydrogens (tertiary/aromatic N) is 6. The molecule has 0 aromatic carbocycles. The van der Waals surface area contributed by atoms with Crippen LogP contribution in [0.3, 0.4) is 0 Å². The van der Waals surface area contributed by atoms with Crippen LogP contribution in [-0.2, 0) is 6.54 Å². The van der Waals surface area contributed by atoms with E-state index in [2.05, 4.69) is 25.2 Å². The van der Waals surface area contributed by atoms with Crippen LogP contribution in [0.4, 0.5) is 8.78 Å². The molecule has 0 fully saturated rings. The fourth-order valence-electron chi connectivity index (χ4n) is 2.32. The van der Waals surface area contributed by atoms with Gasteiger partial charge in [0, 0.05) is 12.3 Å². The van der Waals surface area contributed by atoms with Crippen LogP contribution in [0.1, 0.15) is 5.69 Å². The lowest BCUT2D eigenvalue weighted by Gasteiger charge is -2.05. The molecule has 4 rings (SSSR count). The van der Waals surface area contributed by atoms with Crippen LogP contribution in [0, 0.1) is 11.6 Å². The summed E-state index contributed by atoms with van der Waals surface area (Å²) < 4.78 is 33.3. The number of hydrogen-bond acceptors (Lipinski definition) is 6. The average Bonchev–Trinajstić information content (AvgIpc) is 3.27. The van der Waals surface area contributed by atoms with Crippen LogP contribution in [0.15, 0.2) is 53.6 Å². The first-order valence-corrected chi connectivity index (χ1v) is 7.26. The molecule has 0 saturated carbocycles. The molecule has 0 saturated heterocycles. The van der Waals surface area contributed by atoms with Gasteiger partial charge in [-0.05, 0) is 18.2 Å². The first-order valence-electron chi connectivity index (χ1n) is 7.26. The zero-order valence-electron chi connectivity index (χ0n) is 12.7. The third kappa shape index (κ3) is 2.99. The van der Waals surface area contributed by atoms with Crippen molar-refractivity contribution in [3.05, 3.63) is 66.4 Å². The summed E-state index contributed by atoms with van der Waals surface area (Å²) in [6, 6.07) is 6.16. The highest BCUT2D eigenvalue weighted by Gasteiger charge is 2.17. The van der Waals surface area contributed by atoms with E-state index in [0.29, 0.717) is 17.1 Å². The van der Waals surface area contributed by atoms with Gasteiger partial charge in [0.05, 0.1) is 30.3 Å². The van der Waals surface area contributed by atoms with Crippen molar-refractivity contribution in [2.75, 3.05) is 0 Å². The molecule has 0 atom stereocenters. The van der Waals surface area contributed by atoms with Crippen LogP contribution < -0.4 is 0 Å². The summed E-state index contributed by atoms with van der Waals surface area (Å²) in [4.78, 5) is 11.9. The van der Waals surface area contributed by atoms with Gasteiger partial charge >= 0.3 is 0 Å². The number of hydrogen-bond donors (Lipinski definition) is 0. The maximum absolute atomic E-state index is 13.9. The van der Waals surface area contributed by atoms with Gasteiger partial charge < -0.3 is 4.52 Å². The zero-order chi connectivity index (χ0) is 17.2. The smallest absolute Gasteiger partial charge is 0.180 e. The van der Waals surface area contributed by atoms with Gasteiger partial charge in [0.1, 0.15) is 23.5 Å². The second-order valence-corrected chi connectivity index (χ2v) is 5.11. The predicted octanol–water partition coefficient (Wildman–Crippen LogP) is 2.72. The van der Waals surface area contributed by atoms with E-state index in [1.165, 1.54) is 29.3 Å². The number of halogens is 2. The summed E-state index contributed by atoms with van der Waals surface area (Å²) in [5.41, 5.74) is 1.70. The molecular formula is C16H10F2N6O. The molecule has 25 heavy (non-hydrogen) atoms. The number of rotatable bonds is 4. The van der Waals surface area contributed by atoms with Crippen molar-refractivity contribution in [2.24, 2.45) is 0 Å². The molecule has 0 unspecified atom stereocenters. The van der Waals surface area contributed by atoms with Gasteiger partial charge in [-0.3, -0.25) is 9.67 Å². The van der Waals surface area contributed by atoms with E-state index < -0.39 is 11.6 Å². The maximum Gasteiger partial charge on any atom is 0.180 e. The monoisotopic (exact) mass is 340 g/mol. The number of pyridine rings is 1. The van der Waals surface area contributed by atoms with Crippen LogP contribution in [-0.4, -0.2) is 29.9 Å². The van der Waals surface area contributed by atoms with E-state index >= 15 is 0 Å². The minimum absolute atomic E-state index is 0.0794. The summed E-state index contributed by atoms with van der Waals surface area (Å²) in [7, 11) is 0. The third-order valence-corrected chi connectivity index (χ3v) is 3.46. The van der Waals surface area contributed by atoms with Crippen LogP contribution in [0.25, 0.3) is 22.9 Å². The second-order valence-electron chi connectivity index (χ2n) is 5.11. The topological polar surface area (TPSA) is 82.5 Å². The lowest BCUT2D eigenvalue weighted by molar-refractivity contribution is 0.421. The summed E-state index contributed by atoms with van der Waals surface area (Å²) >= 11 is 0. The Kier molecular flexibility index (Phi) is 3.73. The summed E-state index contributed by atoms with van der Waals surface area (Å²) in [5, 5.41) is 8.26. The molecule has 4 aromatic rings. The Morgan fingerprint density at radius 2 is 1.88 bits per heavy atom. The van der Waals surface area contributed by atoms with Crippen molar-refractivity contribution < 1.29 is 13.3 Å². The lowest BCUT2D eigenvalue weighted by atomic mass is 10.2. The molecule has 9 heteroatoms. The maximum atomic E-state index is 13.9. The van der Waals surface area contributed by atoms with Crippen LogP contribution >= 0.6 is 0 Å². The molecule has 0 aliphatic rings. The van der Waals surface area contributed by atoms with Gasteiger partial charge in [0.25, 0.3) is 0 Å². The van der Waals surface area contributed by atoms with E-state index in [1.807, 2.05) is 0 Å². The van der Waals surface area contributed by atoms with Crippen molar-refractivity contribution in [2.45, 2.75) is 6.54 Å². The molecule has 7 nitrogen and oxygen atoms in total. The normalized spacial score (nSPS) is 11.0. The van der Waals surface area contributed by atoms with E-state index in [-0.39, 0.29) is 18.1 Å². The Morgan fingerprint density at radius 1 is 1.04 bits per heavy atom. The largest absolute Gasteiger partial charge is 0.364 e. The Labute approximate surface area is 140 Å². The molecule has 4 heterocycles. The van der Waals surface area contributed by atoms with Gasteiger partial charge in [-0.2, -0.15) is 5.10 Å². The fourth-order valence-corrected chi connectivity index (χ4v) is 2.32. The molecular weight excluding hydrogens is 330 g/mol. The van der Waals surface area contributed by atoms with Crippen molar-refractivity contribution in [1.82, 2.24) is 29.9 Å². The van der Waals surface area contributed by atoms with Gasteiger partial charge in [0.2, 0.25) is 0 Å². The van der Waals surface area contributed by atoms with Gasteiger partial charge in [-0.25, -0.2) is 18.7 Å². The molecule has 0 amide bonds. The van der Waals surface area contributed by atoms with E-state index in [9.17, 15) is 8.78 Å². The molecule has 0 radical (unpaired) electrons. The predicted molar refractivity (Wildman–Crippen MR) is 82.0 cm³/mol. The summed E-state index contributed by atoms with van der Waals surface area (Å²) in [5.74, 6) is -0.745. The first-order chi connectivity index (χ1) is 12.2. The Bertz CT molecular complexity index is 998. The highest BCUT2D eigenvalue weighted by atomic mass is 19.1. The van der Waals surface area contributed by atoms with E-state index in [4.69, 9.17) is 4.52 Å². The summed E-state index contributed by atoms with van der Waals surface area (Å²) in [6.07, 6.45) is 5.02. The fraction of sp³-hybridized carbons (Fsp3) is 0.0625. The Hall–Kier alpha value is -3.49. The zero-order valence-corrected chi connectivity index (χ0v) is 12.7. The minimum atomic E-state index is -0.546. The standard InChI is InChI=1S/C16H10F2N6O/c17-10-7-20-16(21-8-10)13-6-15(12-3-5-25-23-12)24(22-13)9-14-11(18)2-1-4-19-14/h1-8H,9H2. The summed E-state index contributed by atoms with van der Waals surface area (Å²) in [6.45, 7) is 0.0794. The third-order valence-electron chi connectivity index (χ3n) is 3.46. The second kappa shape index (κ2) is 6.19. The van der Waals surface area contributed by atoms with E-state index in [0.717, 1.165) is 12.4 Å². The Balaban J connectivity index is 1.79. The van der Waals surface area contributed by atoms with Crippen molar-refractivity contribution in [1.29, 1.82) is 0 Å². The van der Waals surface area contributed by atoms with Crippen LogP contribution in [0.5, 0.6) is 0 Å². The Morgan fingerprint density at radius 3 is 2.60 bits per heavy atom. The van der Waals surface area contributed by atoms with Gasteiger partial charge in [-0.1, -0.05) is 5.16 Å². The lowest BCUT2D eigenvalue weighted by Crippen LogP contribution is -2.07. The van der Waals surface area contributed by atoms with Crippen LogP contribution in [0.2, 0.25) is 0 Å². The SMILES string of the molecule is Fc1cnc(-c2cc(-c3ccon3)n(Cc3ncccc3F)n2)nc1. The quantitative estimate of drug-likeness (QED) is 0.568. The van der Waals surface area contributed by atoms with Crippen molar-refractivity contribution in [3.8, 4) is 22.9 Å². The molecule has 124 valence electrons. The number of aromatic nitrogens is 6. The molecule has 0 aliphatic heterocycles. The minimum Gasteiger partial charge on any atom is -0.364 e. The molecule has 0 aliphatic carbocycles. The van der Waals surface area contributed by atoms with Crippen molar-refractivity contribution in [3.63, 3.8) is 0 Å². The highest BCUT2D eigenvalue weighted by Crippen LogP contribution is 2.24. The highest BCUT2D eigenvalue weighted by molar-refractivity contribution is 5.62. The van der Waals surface area contributed by atoms with Crippen molar-refractivity contribution >= 4 is 0 Å².